The van der Waals surface area contributed by atoms with E-state index in [-0.39, 0.29) is 0 Å². The van der Waals surface area contributed by atoms with Gasteiger partial charge in [0.25, 0.3) is 0 Å². The van der Waals surface area contributed by atoms with Gasteiger partial charge < -0.3 is 15.8 Å². The second kappa shape index (κ2) is 6.14. The molecule has 2 heterocycles. The molecule has 21 heavy (non-hydrogen) atoms. The molecule has 1 aromatic heterocycles. The van der Waals surface area contributed by atoms with Crippen molar-refractivity contribution in [2.75, 3.05) is 18.9 Å². The zero-order valence-electron chi connectivity index (χ0n) is 12.3. The van der Waals surface area contributed by atoms with Crippen molar-refractivity contribution in [3.8, 4) is 5.75 Å². The smallest absolute Gasteiger partial charge is 0.122 e. The van der Waals surface area contributed by atoms with Gasteiger partial charge in [0.1, 0.15) is 5.75 Å². The molecule has 4 heteroatoms. The lowest BCUT2D eigenvalue weighted by Gasteiger charge is -2.24. The lowest BCUT2D eigenvalue weighted by molar-refractivity contribution is 0.298. The molecule has 0 saturated heterocycles. The lowest BCUT2D eigenvalue weighted by atomic mass is 9.89. The van der Waals surface area contributed by atoms with Crippen LogP contribution in [0.4, 0.5) is 5.69 Å². The summed E-state index contributed by atoms with van der Waals surface area (Å²) in [5.74, 6) is 1.35. The third-order valence-corrected chi connectivity index (χ3v) is 4.07. The fourth-order valence-electron chi connectivity index (χ4n) is 2.98. The van der Waals surface area contributed by atoms with E-state index in [1.807, 2.05) is 24.4 Å². The molecule has 0 radical (unpaired) electrons. The molecule has 0 fully saturated rings. The molecule has 2 unspecified atom stereocenters. The van der Waals surface area contributed by atoms with E-state index in [9.17, 15) is 0 Å². The van der Waals surface area contributed by atoms with Gasteiger partial charge in [0.2, 0.25) is 0 Å². The molecule has 0 spiro atoms. The Bertz CT molecular complexity index is 614. The topological polar surface area (TPSA) is 60.2 Å². The summed E-state index contributed by atoms with van der Waals surface area (Å²) in [5.41, 5.74) is 9.24. The number of pyridine rings is 1. The molecule has 2 aromatic rings. The van der Waals surface area contributed by atoms with Crippen LogP contribution in [-0.4, -0.2) is 24.2 Å². The van der Waals surface area contributed by atoms with Gasteiger partial charge in [-0.3, -0.25) is 4.98 Å². The Labute approximate surface area is 125 Å². The summed E-state index contributed by atoms with van der Waals surface area (Å²) in [6.45, 7) is 3.77. The van der Waals surface area contributed by atoms with Crippen molar-refractivity contribution in [3.63, 3.8) is 0 Å². The largest absolute Gasteiger partial charge is 0.493 e. The second-order valence-corrected chi connectivity index (χ2v) is 5.40. The monoisotopic (exact) mass is 283 g/mol. The number of nitrogen functional groups attached to an aromatic ring is 1. The van der Waals surface area contributed by atoms with Crippen LogP contribution in [-0.2, 0) is 6.42 Å². The van der Waals surface area contributed by atoms with Gasteiger partial charge in [0.05, 0.1) is 6.61 Å². The van der Waals surface area contributed by atoms with E-state index in [4.69, 9.17) is 10.5 Å². The normalized spacial score (nSPS) is 18.0. The van der Waals surface area contributed by atoms with Crippen LogP contribution in [0.25, 0.3) is 0 Å². The van der Waals surface area contributed by atoms with Gasteiger partial charge in [-0.15, -0.1) is 0 Å². The quantitative estimate of drug-likeness (QED) is 0.884. The van der Waals surface area contributed by atoms with Crippen LogP contribution in [0.2, 0.25) is 0 Å². The van der Waals surface area contributed by atoms with E-state index in [0.29, 0.717) is 12.0 Å². The molecular weight excluding hydrogens is 262 g/mol. The van der Waals surface area contributed by atoms with E-state index in [2.05, 4.69) is 29.4 Å². The average molecular weight is 283 g/mol. The number of hydrogen-bond acceptors (Lipinski definition) is 4. The molecule has 1 aliphatic heterocycles. The van der Waals surface area contributed by atoms with Gasteiger partial charge in [-0.2, -0.15) is 0 Å². The van der Waals surface area contributed by atoms with Gasteiger partial charge in [0.15, 0.2) is 0 Å². The van der Waals surface area contributed by atoms with Gasteiger partial charge in [0, 0.05) is 35.6 Å². The predicted octanol–water partition coefficient (Wildman–Crippen LogP) is 2.36. The molecule has 2 atom stereocenters. The first-order valence-electron chi connectivity index (χ1n) is 7.43. The van der Waals surface area contributed by atoms with Crippen molar-refractivity contribution in [2.45, 2.75) is 25.3 Å². The summed E-state index contributed by atoms with van der Waals surface area (Å²) in [6, 6.07) is 10.4. The van der Waals surface area contributed by atoms with Crippen LogP contribution < -0.4 is 15.8 Å². The Hall–Kier alpha value is -2.07. The number of likely N-dealkylation sites (N-methyl/N-ethyl adjacent to an activating group) is 1. The minimum Gasteiger partial charge on any atom is -0.493 e. The van der Waals surface area contributed by atoms with Crippen molar-refractivity contribution < 1.29 is 4.74 Å². The molecule has 0 bridgehead atoms. The molecule has 110 valence electrons. The number of hydrogen-bond donors (Lipinski definition) is 2. The first-order valence-corrected chi connectivity index (χ1v) is 7.43. The number of ether oxygens (including phenoxy) is 1. The van der Waals surface area contributed by atoms with Crippen LogP contribution in [0.15, 0.2) is 42.7 Å². The molecule has 0 amide bonds. The highest BCUT2D eigenvalue weighted by Crippen LogP contribution is 2.36. The summed E-state index contributed by atoms with van der Waals surface area (Å²) in [6.07, 6.45) is 4.45. The number of anilines is 1. The highest BCUT2D eigenvalue weighted by atomic mass is 16.5. The van der Waals surface area contributed by atoms with Crippen LogP contribution in [0, 0.1) is 0 Å². The van der Waals surface area contributed by atoms with Crippen molar-refractivity contribution in [3.05, 3.63) is 53.9 Å². The molecule has 3 N–H and O–H groups in total. The summed E-state index contributed by atoms with van der Waals surface area (Å²) in [5, 5.41) is 3.58. The molecule has 0 aliphatic carbocycles. The van der Waals surface area contributed by atoms with Crippen LogP contribution in [0.5, 0.6) is 5.75 Å². The minimum atomic E-state index is 0.296. The van der Waals surface area contributed by atoms with E-state index in [1.165, 1.54) is 5.56 Å². The zero-order chi connectivity index (χ0) is 14.7. The first-order chi connectivity index (χ1) is 10.3. The van der Waals surface area contributed by atoms with Crippen molar-refractivity contribution >= 4 is 5.69 Å². The SMILES string of the molecule is CCNC(Cc1cnccc1N)C1COc2ccccc21. The molecule has 0 saturated carbocycles. The maximum absolute atomic E-state index is 6.06. The van der Waals surface area contributed by atoms with E-state index < -0.39 is 0 Å². The molecule has 3 rings (SSSR count). The molecule has 1 aromatic carbocycles. The Morgan fingerprint density at radius 2 is 2.24 bits per heavy atom. The maximum atomic E-state index is 6.06. The summed E-state index contributed by atoms with van der Waals surface area (Å²) in [4.78, 5) is 4.19. The number of nitrogens with two attached hydrogens (primary N) is 1. The minimum absolute atomic E-state index is 0.296. The van der Waals surface area contributed by atoms with Crippen molar-refractivity contribution in [1.29, 1.82) is 0 Å². The number of para-hydroxylation sites is 1. The second-order valence-electron chi connectivity index (χ2n) is 5.40. The number of nitrogens with zero attached hydrogens (tertiary/aromatic N) is 1. The third-order valence-electron chi connectivity index (χ3n) is 4.07. The van der Waals surface area contributed by atoms with Gasteiger partial charge >= 0.3 is 0 Å². The summed E-state index contributed by atoms with van der Waals surface area (Å²) in [7, 11) is 0. The van der Waals surface area contributed by atoms with E-state index in [0.717, 1.165) is 36.6 Å². The van der Waals surface area contributed by atoms with Crippen molar-refractivity contribution in [2.24, 2.45) is 0 Å². The number of nitrogens with one attached hydrogen (secondary N) is 1. The fourth-order valence-corrected chi connectivity index (χ4v) is 2.98. The number of rotatable bonds is 5. The van der Waals surface area contributed by atoms with Gasteiger partial charge in [-0.1, -0.05) is 25.1 Å². The maximum Gasteiger partial charge on any atom is 0.122 e. The molecular formula is C17H21N3O. The van der Waals surface area contributed by atoms with Crippen LogP contribution in [0.3, 0.4) is 0 Å². The highest BCUT2D eigenvalue weighted by molar-refractivity contribution is 5.46. The molecule has 4 nitrogen and oxygen atoms in total. The van der Waals surface area contributed by atoms with Crippen LogP contribution >= 0.6 is 0 Å². The average Bonchev–Trinajstić information content (AvgIpc) is 2.93. The number of fused-ring (bicyclic) bond motifs is 1. The zero-order valence-corrected chi connectivity index (χ0v) is 12.3. The number of benzene rings is 1. The Morgan fingerprint density at radius 1 is 1.38 bits per heavy atom. The predicted molar refractivity (Wildman–Crippen MR) is 84.5 cm³/mol. The van der Waals surface area contributed by atoms with Crippen molar-refractivity contribution in [1.82, 2.24) is 10.3 Å². The molecule has 1 aliphatic rings. The Kier molecular flexibility index (Phi) is 4.06. The number of aromatic nitrogens is 1. The van der Waals surface area contributed by atoms with Crippen LogP contribution in [0.1, 0.15) is 24.0 Å². The van der Waals surface area contributed by atoms with Gasteiger partial charge in [-0.25, -0.2) is 0 Å². The Morgan fingerprint density at radius 3 is 3.05 bits per heavy atom. The summed E-state index contributed by atoms with van der Waals surface area (Å²) >= 11 is 0. The van der Waals surface area contributed by atoms with E-state index >= 15 is 0 Å². The third kappa shape index (κ3) is 2.85. The Balaban J connectivity index is 1.84. The summed E-state index contributed by atoms with van der Waals surface area (Å²) < 4.78 is 5.82. The van der Waals surface area contributed by atoms with E-state index in [1.54, 1.807) is 6.20 Å². The lowest BCUT2D eigenvalue weighted by Crippen LogP contribution is -2.37. The first kappa shape index (κ1) is 13.9. The fraction of sp³-hybridized carbons (Fsp3) is 0.353. The standard InChI is InChI=1S/C17H21N3O/c1-2-20-16(9-12-10-19-8-7-15(12)18)14-11-21-17-6-4-3-5-13(14)17/h3-8,10,14,16,20H,2,9,11H2,1H3,(H2,18,19). The van der Waals surface area contributed by atoms with Gasteiger partial charge in [-0.05, 0) is 30.7 Å². The highest BCUT2D eigenvalue weighted by Gasteiger charge is 2.31.